The number of carbonyl (C=O) groups is 1. The average Bonchev–Trinajstić information content (AvgIpc) is 2.74. The summed E-state index contributed by atoms with van der Waals surface area (Å²) in [6, 6.07) is 13.4. The lowest BCUT2D eigenvalue weighted by Gasteiger charge is -2.31. The van der Waals surface area contributed by atoms with Gasteiger partial charge in [-0.25, -0.2) is 12.7 Å². The van der Waals surface area contributed by atoms with Gasteiger partial charge in [-0.05, 0) is 51.3 Å². The van der Waals surface area contributed by atoms with Gasteiger partial charge in [-0.1, -0.05) is 30.3 Å². The maximum absolute atomic E-state index is 13.0. The topological polar surface area (TPSA) is 79.4 Å². The Morgan fingerprint density at radius 3 is 2.45 bits per heavy atom. The molecule has 7 heteroatoms. The van der Waals surface area contributed by atoms with E-state index in [9.17, 15) is 13.2 Å². The highest BCUT2D eigenvalue weighted by Gasteiger charge is 2.30. The predicted molar refractivity (Wildman–Crippen MR) is 114 cm³/mol. The third-order valence-corrected chi connectivity index (χ3v) is 7.44. The molecule has 2 aromatic rings. The van der Waals surface area contributed by atoms with Gasteiger partial charge in [-0.3, -0.25) is 9.78 Å². The summed E-state index contributed by atoms with van der Waals surface area (Å²) in [5.41, 5.74) is 3.25. The van der Waals surface area contributed by atoms with E-state index in [1.54, 1.807) is 11.2 Å². The van der Waals surface area contributed by atoms with Crippen LogP contribution in [-0.2, 0) is 10.0 Å². The Bertz CT molecular complexity index is 953. The van der Waals surface area contributed by atoms with Crippen molar-refractivity contribution in [2.75, 3.05) is 18.8 Å². The van der Waals surface area contributed by atoms with Crippen molar-refractivity contribution in [3.8, 4) is 0 Å². The number of rotatable bonds is 6. The van der Waals surface area contributed by atoms with Gasteiger partial charge in [-0.15, -0.1) is 0 Å². The van der Waals surface area contributed by atoms with Crippen LogP contribution in [-0.4, -0.2) is 42.5 Å². The van der Waals surface area contributed by atoms with Crippen LogP contribution in [0.15, 0.2) is 42.5 Å². The summed E-state index contributed by atoms with van der Waals surface area (Å²) in [4.78, 5) is 17.7. The lowest BCUT2D eigenvalue weighted by atomic mass is 9.90. The van der Waals surface area contributed by atoms with Crippen molar-refractivity contribution >= 4 is 15.9 Å². The van der Waals surface area contributed by atoms with Crippen molar-refractivity contribution in [3.05, 3.63) is 65.0 Å². The molecule has 2 heterocycles. The minimum atomic E-state index is -3.17. The monoisotopic (exact) mass is 415 g/mol. The Hall–Kier alpha value is -2.25. The molecule has 0 radical (unpaired) electrons. The standard InChI is InChI=1S/C22H29N3O3S/c1-4-29(27,28)25-14-12-19(13-15-25)21-20(11-10-16(2)23-21)22(26)24-17(3)18-8-6-5-7-9-18/h5-11,17,19H,4,12-15H2,1-3H3,(H,24,26). The molecule has 3 rings (SSSR count). The maximum atomic E-state index is 13.0. The zero-order valence-corrected chi connectivity index (χ0v) is 18.1. The Morgan fingerprint density at radius 1 is 1.17 bits per heavy atom. The molecule has 0 aliphatic carbocycles. The molecule has 6 nitrogen and oxygen atoms in total. The first-order valence-electron chi connectivity index (χ1n) is 10.1. The summed E-state index contributed by atoms with van der Waals surface area (Å²) >= 11 is 0. The highest BCUT2D eigenvalue weighted by molar-refractivity contribution is 7.89. The summed E-state index contributed by atoms with van der Waals surface area (Å²) in [7, 11) is -3.17. The molecule has 156 valence electrons. The van der Waals surface area contributed by atoms with Gasteiger partial charge in [0, 0.05) is 24.7 Å². The van der Waals surface area contributed by atoms with Crippen LogP contribution in [0.25, 0.3) is 0 Å². The molecule has 0 bridgehead atoms. The van der Waals surface area contributed by atoms with Gasteiger partial charge < -0.3 is 5.32 Å². The maximum Gasteiger partial charge on any atom is 0.253 e. The van der Waals surface area contributed by atoms with Crippen molar-refractivity contribution in [1.82, 2.24) is 14.6 Å². The number of piperidine rings is 1. The lowest BCUT2D eigenvalue weighted by Crippen LogP contribution is -2.39. The molecular weight excluding hydrogens is 386 g/mol. The van der Waals surface area contributed by atoms with Gasteiger partial charge >= 0.3 is 0 Å². The first-order chi connectivity index (χ1) is 13.8. The van der Waals surface area contributed by atoms with Crippen LogP contribution in [0, 0.1) is 6.92 Å². The minimum absolute atomic E-state index is 0.0750. The second-order valence-corrected chi connectivity index (χ2v) is 9.82. The van der Waals surface area contributed by atoms with E-state index in [-0.39, 0.29) is 23.6 Å². The normalized spacial score (nSPS) is 17.1. The van der Waals surface area contributed by atoms with Crippen LogP contribution in [0.4, 0.5) is 0 Å². The SMILES string of the molecule is CCS(=O)(=O)N1CCC(c2nc(C)ccc2C(=O)NC(C)c2ccccc2)CC1. The van der Waals surface area contributed by atoms with Crippen LogP contribution in [0.5, 0.6) is 0 Å². The second kappa shape index (κ2) is 9.05. The van der Waals surface area contributed by atoms with Gasteiger partial charge in [0.1, 0.15) is 0 Å². The summed E-state index contributed by atoms with van der Waals surface area (Å²) in [6.45, 7) is 6.48. The van der Waals surface area contributed by atoms with Crippen LogP contribution in [0.3, 0.4) is 0 Å². The molecule has 1 atom stereocenters. The molecule has 29 heavy (non-hydrogen) atoms. The second-order valence-electron chi connectivity index (χ2n) is 7.57. The number of aromatic nitrogens is 1. The minimum Gasteiger partial charge on any atom is -0.345 e. The largest absolute Gasteiger partial charge is 0.345 e. The number of amides is 1. The molecule has 1 unspecified atom stereocenters. The average molecular weight is 416 g/mol. The molecule has 1 aliphatic rings. The number of pyridine rings is 1. The highest BCUT2D eigenvalue weighted by Crippen LogP contribution is 2.30. The Morgan fingerprint density at radius 2 is 1.83 bits per heavy atom. The van der Waals surface area contributed by atoms with E-state index in [2.05, 4.69) is 10.3 Å². The first-order valence-corrected chi connectivity index (χ1v) is 11.7. The Balaban J connectivity index is 1.77. The fourth-order valence-corrected chi connectivity index (χ4v) is 4.90. The van der Waals surface area contributed by atoms with Crippen molar-refractivity contribution in [3.63, 3.8) is 0 Å². The molecular formula is C22H29N3O3S. The number of carbonyl (C=O) groups excluding carboxylic acids is 1. The summed E-state index contributed by atoms with van der Waals surface area (Å²) in [6.07, 6.45) is 1.34. The summed E-state index contributed by atoms with van der Waals surface area (Å²) in [5, 5.41) is 3.07. The van der Waals surface area contributed by atoms with E-state index in [0.29, 0.717) is 31.5 Å². The number of hydrogen-bond acceptors (Lipinski definition) is 4. The lowest BCUT2D eigenvalue weighted by molar-refractivity contribution is 0.0937. The third kappa shape index (κ3) is 5.03. The molecule has 0 saturated carbocycles. The van der Waals surface area contributed by atoms with Crippen molar-refractivity contribution in [2.45, 2.75) is 45.6 Å². The van der Waals surface area contributed by atoms with Crippen molar-refractivity contribution < 1.29 is 13.2 Å². The van der Waals surface area contributed by atoms with Gasteiger partial charge in [0.05, 0.1) is 23.1 Å². The fourth-order valence-electron chi connectivity index (χ4n) is 3.77. The third-order valence-electron chi connectivity index (χ3n) is 5.55. The van der Waals surface area contributed by atoms with Crippen molar-refractivity contribution in [2.24, 2.45) is 0 Å². The molecule has 1 aromatic heterocycles. The van der Waals surface area contributed by atoms with E-state index >= 15 is 0 Å². The van der Waals surface area contributed by atoms with E-state index in [0.717, 1.165) is 17.0 Å². The van der Waals surface area contributed by atoms with Crippen LogP contribution >= 0.6 is 0 Å². The molecule has 1 aromatic carbocycles. The molecule has 0 spiro atoms. The molecule has 1 aliphatic heterocycles. The zero-order chi connectivity index (χ0) is 21.0. The van der Waals surface area contributed by atoms with Gasteiger partial charge in [0.25, 0.3) is 5.91 Å². The number of nitrogens with one attached hydrogen (secondary N) is 1. The number of benzene rings is 1. The molecule has 1 amide bonds. The van der Waals surface area contributed by atoms with E-state index < -0.39 is 10.0 Å². The number of sulfonamides is 1. The van der Waals surface area contributed by atoms with E-state index in [1.165, 1.54) is 0 Å². The zero-order valence-electron chi connectivity index (χ0n) is 17.3. The van der Waals surface area contributed by atoms with Gasteiger partial charge in [0.15, 0.2) is 0 Å². The Labute approximate surface area is 173 Å². The van der Waals surface area contributed by atoms with Gasteiger partial charge in [-0.2, -0.15) is 0 Å². The number of aryl methyl sites for hydroxylation is 1. The summed E-state index contributed by atoms with van der Waals surface area (Å²) in [5.74, 6) is 0.0456. The molecule has 1 fully saturated rings. The predicted octanol–water partition coefficient (Wildman–Crippen LogP) is 3.41. The van der Waals surface area contributed by atoms with Gasteiger partial charge in [0.2, 0.25) is 10.0 Å². The smallest absolute Gasteiger partial charge is 0.253 e. The highest BCUT2D eigenvalue weighted by atomic mass is 32.2. The Kier molecular flexibility index (Phi) is 6.70. The number of nitrogens with zero attached hydrogens (tertiary/aromatic N) is 2. The fraction of sp³-hybridized carbons (Fsp3) is 0.455. The number of hydrogen-bond donors (Lipinski definition) is 1. The van der Waals surface area contributed by atoms with Crippen molar-refractivity contribution in [1.29, 1.82) is 0 Å². The van der Waals surface area contributed by atoms with E-state index in [4.69, 9.17) is 0 Å². The first kappa shape index (κ1) is 21.5. The van der Waals surface area contributed by atoms with Crippen LogP contribution in [0.1, 0.15) is 66.0 Å². The quantitative estimate of drug-likeness (QED) is 0.784. The molecule has 1 N–H and O–H groups in total. The summed E-state index contributed by atoms with van der Waals surface area (Å²) < 4.78 is 25.8. The molecule has 1 saturated heterocycles. The van der Waals surface area contributed by atoms with E-state index in [1.807, 2.05) is 56.3 Å². The van der Waals surface area contributed by atoms with Crippen LogP contribution < -0.4 is 5.32 Å². The van der Waals surface area contributed by atoms with Crippen LogP contribution in [0.2, 0.25) is 0 Å².